The van der Waals surface area contributed by atoms with Crippen LogP contribution in [-0.2, 0) is 6.18 Å². The molecule has 0 atom stereocenters. The van der Waals surface area contributed by atoms with Gasteiger partial charge in [-0.1, -0.05) is 11.6 Å². The summed E-state index contributed by atoms with van der Waals surface area (Å²) in [5, 5.41) is 12.5. The Morgan fingerprint density at radius 1 is 1.13 bits per heavy atom. The predicted octanol–water partition coefficient (Wildman–Crippen LogP) is 4.52. The maximum Gasteiger partial charge on any atom is 0.418 e. The zero-order valence-electron chi connectivity index (χ0n) is 11.2. The molecule has 5 nitrogen and oxygen atoms in total. The van der Waals surface area contributed by atoms with E-state index in [0.29, 0.717) is 6.07 Å². The number of nitro groups is 1. The topological polar surface area (TPSA) is 72.2 Å². The first-order valence-corrected chi connectivity index (χ1v) is 6.49. The van der Waals surface area contributed by atoms with E-state index in [0.717, 1.165) is 30.3 Å². The molecule has 0 bridgehead atoms. The second-order valence-electron chi connectivity index (χ2n) is 4.45. The highest BCUT2D eigenvalue weighted by Crippen LogP contribution is 2.36. The van der Waals surface area contributed by atoms with Crippen molar-refractivity contribution in [3.63, 3.8) is 0 Å². The van der Waals surface area contributed by atoms with E-state index in [1.54, 1.807) is 0 Å². The van der Waals surface area contributed by atoms with Crippen LogP contribution in [0.1, 0.15) is 15.9 Å². The van der Waals surface area contributed by atoms with Crippen LogP contribution in [0.5, 0.6) is 0 Å². The Balaban J connectivity index is 2.28. The second kappa shape index (κ2) is 6.25. The molecule has 0 saturated heterocycles. The first kappa shape index (κ1) is 16.8. The Morgan fingerprint density at radius 2 is 1.74 bits per heavy atom. The summed E-state index contributed by atoms with van der Waals surface area (Å²) in [6, 6.07) is 7.42. The first-order chi connectivity index (χ1) is 10.7. The van der Waals surface area contributed by atoms with E-state index in [1.165, 1.54) is 6.07 Å². The highest BCUT2D eigenvalue weighted by molar-refractivity contribution is 6.30. The van der Waals surface area contributed by atoms with Gasteiger partial charge in [-0.3, -0.25) is 14.9 Å². The van der Waals surface area contributed by atoms with Crippen LogP contribution in [0.2, 0.25) is 5.02 Å². The summed E-state index contributed by atoms with van der Waals surface area (Å²) < 4.78 is 38.8. The number of nitrogens with one attached hydrogen (secondary N) is 1. The third kappa shape index (κ3) is 3.98. The number of nitro benzene ring substituents is 1. The summed E-state index contributed by atoms with van der Waals surface area (Å²) in [7, 11) is 0. The van der Waals surface area contributed by atoms with Crippen molar-refractivity contribution in [3.05, 3.63) is 68.7 Å². The SMILES string of the molecule is O=C(Nc1ccc(Cl)cc1C(F)(F)F)c1ccc([N+](=O)[O-])cc1. The summed E-state index contributed by atoms with van der Waals surface area (Å²) >= 11 is 5.55. The number of amides is 1. The van der Waals surface area contributed by atoms with Crippen molar-refractivity contribution in [2.45, 2.75) is 6.18 Å². The van der Waals surface area contributed by atoms with Gasteiger partial charge in [0.05, 0.1) is 16.2 Å². The van der Waals surface area contributed by atoms with Gasteiger partial charge in [0.15, 0.2) is 0 Å². The van der Waals surface area contributed by atoms with Gasteiger partial charge in [0, 0.05) is 22.7 Å². The zero-order chi connectivity index (χ0) is 17.2. The van der Waals surface area contributed by atoms with Crippen LogP contribution in [0.15, 0.2) is 42.5 Å². The molecule has 0 saturated carbocycles. The number of anilines is 1. The summed E-state index contributed by atoms with van der Waals surface area (Å²) in [6.07, 6.45) is -4.69. The molecular weight excluding hydrogens is 337 g/mol. The van der Waals surface area contributed by atoms with E-state index < -0.39 is 28.3 Å². The van der Waals surface area contributed by atoms with Gasteiger partial charge in [-0.2, -0.15) is 13.2 Å². The number of rotatable bonds is 3. The Labute approximate surface area is 132 Å². The van der Waals surface area contributed by atoms with E-state index >= 15 is 0 Å². The molecule has 1 amide bonds. The van der Waals surface area contributed by atoms with E-state index in [1.807, 2.05) is 0 Å². The Bertz CT molecular complexity index is 761. The van der Waals surface area contributed by atoms with Crippen molar-refractivity contribution in [1.29, 1.82) is 0 Å². The van der Waals surface area contributed by atoms with E-state index in [2.05, 4.69) is 5.32 Å². The van der Waals surface area contributed by atoms with Crippen molar-refractivity contribution in [3.8, 4) is 0 Å². The lowest BCUT2D eigenvalue weighted by molar-refractivity contribution is -0.384. The van der Waals surface area contributed by atoms with Crippen molar-refractivity contribution in [2.24, 2.45) is 0 Å². The minimum Gasteiger partial charge on any atom is -0.321 e. The lowest BCUT2D eigenvalue weighted by atomic mass is 10.1. The molecule has 2 aromatic carbocycles. The molecule has 0 heterocycles. The molecule has 0 aliphatic heterocycles. The number of hydrogen-bond acceptors (Lipinski definition) is 3. The van der Waals surface area contributed by atoms with Crippen LogP contribution >= 0.6 is 11.6 Å². The van der Waals surface area contributed by atoms with Gasteiger partial charge < -0.3 is 5.32 Å². The molecule has 0 spiro atoms. The zero-order valence-corrected chi connectivity index (χ0v) is 12.0. The minimum absolute atomic E-state index is 0.0151. The highest BCUT2D eigenvalue weighted by Gasteiger charge is 2.34. The number of hydrogen-bond donors (Lipinski definition) is 1. The van der Waals surface area contributed by atoms with E-state index in [-0.39, 0.29) is 16.3 Å². The fraction of sp³-hybridized carbons (Fsp3) is 0.0714. The van der Waals surface area contributed by atoms with Crippen LogP contribution in [0.25, 0.3) is 0 Å². The largest absolute Gasteiger partial charge is 0.418 e. The van der Waals surface area contributed by atoms with Gasteiger partial charge in [-0.25, -0.2) is 0 Å². The summed E-state index contributed by atoms with van der Waals surface area (Å²) in [5.41, 5.74) is -1.78. The van der Waals surface area contributed by atoms with Crippen molar-refractivity contribution in [2.75, 3.05) is 5.32 Å². The lowest BCUT2D eigenvalue weighted by Crippen LogP contribution is -2.16. The normalized spacial score (nSPS) is 11.1. The third-order valence-corrected chi connectivity index (χ3v) is 3.11. The molecule has 0 aliphatic carbocycles. The third-order valence-electron chi connectivity index (χ3n) is 2.88. The smallest absolute Gasteiger partial charge is 0.321 e. The average molecular weight is 345 g/mol. The number of carbonyl (C=O) groups excluding carboxylic acids is 1. The Morgan fingerprint density at radius 3 is 2.26 bits per heavy atom. The summed E-state index contributed by atoms with van der Waals surface area (Å²) in [5.74, 6) is -0.826. The Kier molecular flexibility index (Phi) is 4.55. The molecule has 0 fully saturated rings. The number of alkyl halides is 3. The molecule has 0 unspecified atom stereocenters. The van der Waals surface area contributed by atoms with Crippen LogP contribution in [0.3, 0.4) is 0 Å². The second-order valence-corrected chi connectivity index (χ2v) is 4.88. The highest BCUT2D eigenvalue weighted by atomic mass is 35.5. The molecule has 9 heteroatoms. The molecule has 1 N–H and O–H groups in total. The average Bonchev–Trinajstić information content (AvgIpc) is 2.48. The van der Waals surface area contributed by atoms with Gasteiger partial charge in [-0.15, -0.1) is 0 Å². The molecule has 2 rings (SSSR count). The quantitative estimate of drug-likeness (QED) is 0.657. The number of halogens is 4. The molecule has 0 aromatic heterocycles. The van der Waals surface area contributed by atoms with E-state index in [4.69, 9.17) is 11.6 Å². The van der Waals surface area contributed by atoms with Crippen LogP contribution in [-0.4, -0.2) is 10.8 Å². The first-order valence-electron chi connectivity index (χ1n) is 6.11. The van der Waals surface area contributed by atoms with Gasteiger partial charge >= 0.3 is 6.18 Å². The Hall–Kier alpha value is -2.61. The number of benzene rings is 2. The standard InChI is InChI=1S/C14H8ClF3N2O3/c15-9-3-6-12(11(7-9)14(16,17)18)19-13(21)8-1-4-10(5-2-8)20(22)23/h1-7H,(H,19,21). The molecule has 0 radical (unpaired) electrons. The molecule has 0 aliphatic rings. The molecular formula is C14H8ClF3N2O3. The minimum atomic E-state index is -4.69. The van der Waals surface area contributed by atoms with Crippen molar-refractivity contribution in [1.82, 2.24) is 0 Å². The summed E-state index contributed by atoms with van der Waals surface area (Å²) in [6.45, 7) is 0. The molecule has 23 heavy (non-hydrogen) atoms. The van der Waals surface area contributed by atoms with Crippen LogP contribution in [0.4, 0.5) is 24.5 Å². The van der Waals surface area contributed by atoms with Crippen molar-refractivity contribution >= 4 is 28.9 Å². The van der Waals surface area contributed by atoms with Crippen LogP contribution < -0.4 is 5.32 Å². The van der Waals surface area contributed by atoms with E-state index in [9.17, 15) is 28.1 Å². The number of non-ortho nitro benzene ring substituents is 1. The van der Waals surface area contributed by atoms with Gasteiger partial charge in [0.2, 0.25) is 0 Å². The maximum atomic E-state index is 12.9. The van der Waals surface area contributed by atoms with Crippen LogP contribution in [0, 0.1) is 10.1 Å². The maximum absolute atomic E-state index is 12.9. The molecule has 2 aromatic rings. The molecule has 120 valence electrons. The van der Waals surface area contributed by atoms with Crippen molar-refractivity contribution < 1.29 is 22.9 Å². The number of carbonyl (C=O) groups is 1. The fourth-order valence-electron chi connectivity index (χ4n) is 1.79. The lowest BCUT2D eigenvalue weighted by Gasteiger charge is -2.14. The summed E-state index contributed by atoms with van der Waals surface area (Å²) in [4.78, 5) is 21.9. The van der Waals surface area contributed by atoms with Gasteiger partial charge in [0.1, 0.15) is 0 Å². The van der Waals surface area contributed by atoms with Gasteiger partial charge in [0.25, 0.3) is 11.6 Å². The number of nitrogens with zero attached hydrogens (tertiary/aromatic N) is 1. The predicted molar refractivity (Wildman–Crippen MR) is 77.5 cm³/mol. The van der Waals surface area contributed by atoms with Gasteiger partial charge in [-0.05, 0) is 30.3 Å². The monoisotopic (exact) mass is 344 g/mol. The fourth-order valence-corrected chi connectivity index (χ4v) is 1.96.